The van der Waals surface area contributed by atoms with Gasteiger partial charge in [-0.3, -0.25) is 4.79 Å². The number of amides is 1. The highest BCUT2D eigenvalue weighted by Gasteiger charge is 2.14. The molecule has 0 saturated carbocycles. The second-order valence-electron chi connectivity index (χ2n) is 5.77. The second-order valence-corrected chi connectivity index (χ2v) is 6.18. The normalized spacial score (nSPS) is 10.7. The van der Waals surface area contributed by atoms with E-state index in [2.05, 4.69) is 10.6 Å². The summed E-state index contributed by atoms with van der Waals surface area (Å²) in [5.74, 6) is 0.415. The van der Waals surface area contributed by atoms with Crippen LogP contribution in [0, 0.1) is 25.2 Å². The number of aryl methyl sites for hydroxylation is 2. The Balaban J connectivity index is 2.24. The number of nitrogens with one attached hydrogen (secondary N) is 2. The van der Waals surface area contributed by atoms with Crippen LogP contribution in [0.15, 0.2) is 42.1 Å². The fourth-order valence-electron chi connectivity index (χ4n) is 2.49. The van der Waals surface area contributed by atoms with Gasteiger partial charge in [-0.05, 0) is 43.2 Å². The molecule has 0 spiro atoms. The molecule has 2 aromatic rings. The number of carbonyl (C=O) groups excluding carboxylic acids is 1. The van der Waals surface area contributed by atoms with Crippen molar-refractivity contribution in [1.82, 2.24) is 0 Å². The van der Waals surface area contributed by atoms with E-state index in [-0.39, 0.29) is 5.57 Å². The Bertz CT molecular complexity index is 910. The maximum atomic E-state index is 12.5. The third kappa shape index (κ3) is 4.93. The molecule has 2 N–H and O–H groups in total. The van der Waals surface area contributed by atoms with Crippen LogP contribution in [-0.2, 0) is 4.79 Å². The molecule has 0 heterocycles. The van der Waals surface area contributed by atoms with Crippen molar-refractivity contribution in [1.29, 1.82) is 5.26 Å². The monoisotopic (exact) mass is 385 g/mol. The summed E-state index contributed by atoms with van der Waals surface area (Å²) in [6.45, 7) is 3.83. The van der Waals surface area contributed by atoms with Crippen molar-refractivity contribution in [2.75, 3.05) is 24.9 Å². The smallest absolute Gasteiger partial charge is 0.267 e. The number of carbonyl (C=O) groups is 1. The zero-order valence-corrected chi connectivity index (χ0v) is 16.3. The van der Waals surface area contributed by atoms with Gasteiger partial charge in [0.05, 0.1) is 30.6 Å². The number of benzene rings is 2. The largest absolute Gasteiger partial charge is 0.497 e. The summed E-state index contributed by atoms with van der Waals surface area (Å²) in [4.78, 5) is 12.5. The van der Waals surface area contributed by atoms with Crippen molar-refractivity contribution in [3.8, 4) is 17.6 Å². The van der Waals surface area contributed by atoms with Crippen molar-refractivity contribution in [2.45, 2.75) is 13.8 Å². The average molecular weight is 386 g/mol. The molecule has 0 aromatic heterocycles. The molecule has 2 aromatic carbocycles. The molecule has 140 valence electrons. The molecule has 2 rings (SSSR count). The van der Waals surface area contributed by atoms with Crippen molar-refractivity contribution >= 4 is 28.9 Å². The van der Waals surface area contributed by atoms with Crippen LogP contribution in [0.1, 0.15) is 11.1 Å². The fourth-order valence-corrected chi connectivity index (χ4v) is 2.87. The van der Waals surface area contributed by atoms with Crippen LogP contribution < -0.4 is 20.1 Å². The number of nitrogens with zero attached hydrogens (tertiary/aromatic N) is 1. The number of hydrogen-bond acceptors (Lipinski definition) is 5. The predicted molar refractivity (Wildman–Crippen MR) is 106 cm³/mol. The van der Waals surface area contributed by atoms with Crippen LogP contribution in [0.25, 0.3) is 0 Å². The Morgan fingerprint density at radius 2 is 1.93 bits per heavy atom. The minimum absolute atomic E-state index is 0.115. The first-order valence-electron chi connectivity index (χ1n) is 8.06. The molecule has 0 radical (unpaired) electrons. The van der Waals surface area contributed by atoms with Gasteiger partial charge in [0.1, 0.15) is 23.1 Å². The third-order valence-corrected chi connectivity index (χ3v) is 4.11. The van der Waals surface area contributed by atoms with Gasteiger partial charge in [-0.15, -0.1) is 0 Å². The highest BCUT2D eigenvalue weighted by atomic mass is 35.5. The Morgan fingerprint density at radius 3 is 2.52 bits per heavy atom. The Labute approximate surface area is 163 Å². The number of halogens is 1. The van der Waals surface area contributed by atoms with Gasteiger partial charge in [0.15, 0.2) is 0 Å². The lowest BCUT2D eigenvalue weighted by Crippen LogP contribution is -2.15. The van der Waals surface area contributed by atoms with Crippen molar-refractivity contribution < 1.29 is 14.3 Å². The Hall–Kier alpha value is -3.17. The molecule has 0 bridgehead atoms. The zero-order chi connectivity index (χ0) is 20.0. The molecule has 0 aliphatic heterocycles. The highest BCUT2D eigenvalue weighted by molar-refractivity contribution is 6.33. The third-order valence-electron chi connectivity index (χ3n) is 3.81. The summed E-state index contributed by atoms with van der Waals surface area (Å²) >= 11 is 6.24. The molecular weight excluding hydrogens is 366 g/mol. The van der Waals surface area contributed by atoms with Gasteiger partial charge in [0.2, 0.25) is 0 Å². The maximum absolute atomic E-state index is 12.5. The van der Waals surface area contributed by atoms with Gasteiger partial charge in [-0.2, -0.15) is 5.26 Å². The molecule has 0 fully saturated rings. The standard InChI is InChI=1S/C20H20ClN3O3/c1-12-7-13(2)19(16(21)8-12)23-11-14(10-22)20(25)24-17-9-15(26-3)5-6-18(17)27-4/h5-9,11,23H,1-4H3,(H,24,25)/b14-11-. The van der Waals surface area contributed by atoms with E-state index in [0.717, 1.165) is 11.1 Å². The Kier molecular flexibility index (Phi) is 6.69. The van der Waals surface area contributed by atoms with Gasteiger partial charge in [-0.1, -0.05) is 17.7 Å². The van der Waals surface area contributed by atoms with Gasteiger partial charge >= 0.3 is 0 Å². The minimum Gasteiger partial charge on any atom is -0.497 e. The van der Waals surface area contributed by atoms with E-state index < -0.39 is 5.91 Å². The molecule has 0 saturated heterocycles. The quantitative estimate of drug-likeness (QED) is 0.567. The lowest BCUT2D eigenvalue weighted by atomic mass is 10.1. The van der Waals surface area contributed by atoms with E-state index in [0.29, 0.717) is 27.9 Å². The lowest BCUT2D eigenvalue weighted by molar-refractivity contribution is -0.112. The second kappa shape index (κ2) is 8.97. The van der Waals surface area contributed by atoms with E-state index in [1.54, 1.807) is 24.3 Å². The first kappa shape index (κ1) is 20.1. The molecular formula is C20H20ClN3O3. The first-order valence-corrected chi connectivity index (χ1v) is 8.44. The predicted octanol–water partition coefficient (Wildman–Crippen LogP) is 4.43. The van der Waals surface area contributed by atoms with Gasteiger partial charge in [-0.25, -0.2) is 0 Å². The van der Waals surface area contributed by atoms with Crippen LogP contribution in [0.5, 0.6) is 11.5 Å². The van der Waals surface area contributed by atoms with Gasteiger partial charge in [0.25, 0.3) is 5.91 Å². The number of rotatable bonds is 6. The van der Waals surface area contributed by atoms with Crippen LogP contribution in [-0.4, -0.2) is 20.1 Å². The molecule has 0 unspecified atom stereocenters. The van der Waals surface area contributed by atoms with E-state index in [1.807, 2.05) is 26.0 Å². The molecule has 27 heavy (non-hydrogen) atoms. The van der Waals surface area contributed by atoms with Crippen LogP contribution in [0.3, 0.4) is 0 Å². The van der Waals surface area contributed by atoms with Crippen molar-refractivity contribution in [3.05, 3.63) is 58.3 Å². The maximum Gasteiger partial charge on any atom is 0.267 e. The molecule has 0 aliphatic carbocycles. The average Bonchev–Trinajstić information content (AvgIpc) is 2.63. The number of ether oxygens (including phenoxy) is 2. The SMILES string of the molecule is COc1ccc(OC)c(NC(=O)/C(C#N)=C\Nc2c(C)cc(C)cc2Cl)c1. The van der Waals surface area contributed by atoms with Crippen molar-refractivity contribution in [3.63, 3.8) is 0 Å². The summed E-state index contributed by atoms with van der Waals surface area (Å²) in [5.41, 5.74) is 2.85. The minimum atomic E-state index is -0.586. The van der Waals surface area contributed by atoms with E-state index in [4.69, 9.17) is 21.1 Å². The van der Waals surface area contributed by atoms with E-state index >= 15 is 0 Å². The summed E-state index contributed by atoms with van der Waals surface area (Å²) in [6, 6.07) is 10.6. The van der Waals surface area contributed by atoms with E-state index in [1.165, 1.54) is 20.4 Å². The summed E-state index contributed by atoms with van der Waals surface area (Å²) in [5, 5.41) is 15.5. The van der Waals surface area contributed by atoms with Crippen LogP contribution in [0.4, 0.5) is 11.4 Å². The van der Waals surface area contributed by atoms with Crippen LogP contribution >= 0.6 is 11.6 Å². The molecule has 7 heteroatoms. The zero-order valence-electron chi connectivity index (χ0n) is 15.5. The first-order chi connectivity index (χ1) is 12.9. The molecule has 6 nitrogen and oxygen atoms in total. The van der Waals surface area contributed by atoms with E-state index in [9.17, 15) is 10.1 Å². The molecule has 1 amide bonds. The van der Waals surface area contributed by atoms with Crippen LogP contribution in [0.2, 0.25) is 5.02 Å². The molecule has 0 atom stereocenters. The summed E-state index contributed by atoms with van der Waals surface area (Å²) in [6.07, 6.45) is 1.32. The van der Waals surface area contributed by atoms with Gasteiger partial charge in [0, 0.05) is 12.3 Å². The number of nitriles is 1. The number of hydrogen-bond donors (Lipinski definition) is 2. The topological polar surface area (TPSA) is 83.4 Å². The van der Waals surface area contributed by atoms with Crippen molar-refractivity contribution in [2.24, 2.45) is 0 Å². The highest BCUT2D eigenvalue weighted by Crippen LogP contribution is 2.30. The lowest BCUT2D eigenvalue weighted by Gasteiger charge is -2.12. The number of methoxy groups -OCH3 is 2. The summed E-state index contributed by atoms with van der Waals surface area (Å²) < 4.78 is 10.4. The summed E-state index contributed by atoms with van der Waals surface area (Å²) in [7, 11) is 3.01. The van der Waals surface area contributed by atoms with Gasteiger partial charge < -0.3 is 20.1 Å². The molecule has 0 aliphatic rings. The fraction of sp³-hybridized carbons (Fsp3) is 0.200. The number of anilines is 2. The Morgan fingerprint density at radius 1 is 1.19 bits per heavy atom.